The van der Waals surface area contributed by atoms with Crippen molar-refractivity contribution in [2.45, 2.75) is 79.3 Å². The van der Waals surface area contributed by atoms with Crippen LogP contribution in [0.4, 0.5) is 0 Å². The van der Waals surface area contributed by atoms with Crippen LogP contribution in [0.25, 0.3) is 0 Å². The van der Waals surface area contributed by atoms with E-state index in [2.05, 4.69) is 49.7 Å². The molecule has 1 heterocycles. The van der Waals surface area contributed by atoms with Gasteiger partial charge in [0, 0.05) is 17.7 Å². The van der Waals surface area contributed by atoms with E-state index in [1.54, 1.807) is 21.3 Å². The van der Waals surface area contributed by atoms with Gasteiger partial charge in [0.25, 0.3) is 0 Å². The highest BCUT2D eigenvalue weighted by atomic mass is 35.5. The van der Waals surface area contributed by atoms with E-state index in [1.165, 1.54) is 11.3 Å². The molecule has 0 fully saturated rings. The molecule has 0 spiro atoms. The van der Waals surface area contributed by atoms with Crippen molar-refractivity contribution in [1.29, 1.82) is 0 Å². The van der Waals surface area contributed by atoms with Crippen molar-refractivity contribution < 1.29 is 19.0 Å². The number of hydrogen-bond acceptors (Lipinski definition) is 5. The van der Waals surface area contributed by atoms with Crippen molar-refractivity contribution in [3.63, 3.8) is 0 Å². The predicted octanol–water partition coefficient (Wildman–Crippen LogP) is 6.57. The zero-order valence-electron chi connectivity index (χ0n) is 25.0. The lowest BCUT2D eigenvalue weighted by Crippen LogP contribution is -2.25. The zero-order chi connectivity index (χ0) is 29.2. The first-order valence-electron chi connectivity index (χ1n) is 14.2. The van der Waals surface area contributed by atoms with Crippen molar-refractivity contribution in [2.75, 3.05) is 21.3 Å². The Labute approximate surface area is 244 Å². The fourth-order valence-electron chi connectivity index (χ4n) is 5.15. The Morgan fingerprint density at radius 2 is 1.70 bits per heavy atom. The Balaban J connectivity index is 1.67. The van der Waals surface area contributed by atoms with Gasteiger partial charge in [-0.3, -0.25) is 4.79 Å². The number of rotatable bonds is 15. The highest BCUT2D eigenvalue weighted by Gasteiger charge is 2.19. The Morgan fingerprint density at radius 1 is 0.975 bits per heavy atom. The average molecular weight is 570 g/mol. The Morgan fingerprint density at radius 3 is 2.33 bits per heavy atom. The van der Waals surface area contributed by atoms with Gasteiger partial charge < -0.3 is 24.1 Å². The molecule has 0 saturated heterocycles. The number of imidazole rings is 1. The smallest absolute Gasteiger partial charge is 0.220 e. The number of aryl methyl sites for hydroxylation is 2. The summed E-state index contributed by atoms with van der Waals surface area (Å²) in [5, 5.41) is 3.67. The molecule has 0 saturated carbocycles. The summed E-state index contributed by atoms with van der Waals surface area (Å²) in [5.74, 6) is 3.16. The van der Waals surface area contributed by atoms with Gasteiger partial charge in [0.05, 0.1) is 45.1 Å². The second-order valence-electron chi connectivity index (χ2n) is 10.1. The summed E-state index contributed by atoms with van der Waals surface area (Å²) in [6.45, 7) is 9.60. The van der Waals surface area contributed by atoms with Crippen molar-refractivity contribution >= 4 is 17.5 Å². The monoisotopic (exact) mass is 569 g/mol. The molecule has 7 nitrogen and oxygen atoms in total. The summed E-state index contributed by atoms with van der Waals surface area (Å²) in [5.41, 5.74) is 5.65. The lowest BCUT2D eigenvalue weighted by Gasteiger charge is -2.17. The number of benzene rings is 2. The third-order valence-electron chi connectivity index (χ3n) is 7.43. The van der Waals surface area contributed by atoms with Gasteiger partial charge in [0.2, 0.25) is 5.91 Å². The second kappa shape index (κ2) is 15.0. The van der Waals surface area contributed by atoms with Gasteiger partial charge in [-0.05, 0) is 61.3 Å². The number of hydrogen-bond donors (Lipinski definition) is 1. The molecule has 218 valence electrons. The third kappa shape index (κ3) is 7.51. The van der Waals surface area contributed by atoms with Crippen molar-refractivity contribution in [3.05, 3.63) is 69.3 Å². The van der Waals surface area contributed by atoms with E-state index < -0.39 is 0 Å². The van der Waals surface area contributed by atoms with E-state index in [0.29, 0.717) is 36.0 Å². The number of nitrogens with zero attached hydrogens (tertiary/aromatic N) is 2. The van der Waals surface area contributed by atoms with E-state index in [0.717, 1.165) is 60.5 Å². The molecule has 3 rings (SSSR count). The Kier molecular flexibility index (Phi) is 11.7. The molecule has 1 aromatic heterocycles. The minimum Gasteiger partial charge on any atom is -0.496 e. The van der Waals surface area contributed by atoms with E-state index in [4.69, 9.17) is 30.8 Å². The number of ether oxygens (including phenoxy) is 3. The van der Waals surface area contributed by atoms with E-state index in [1.807, 2.05) is 18.2 Å². The van der Waals surface area contributed by atoms with Gasteiger partial charge in [-0.1, -0.05) is 57.5 Å². The van der Waals surface area contributed by atoms with Crippen molar-refractivity contribution in [2.24, 2.45) is 5.92 Å². The summed E-state index contributed by atoms with van der Waals surface area (Å²) in [6.07, 6.45) is 4.60. The molecule has 2 aromatic carbocycles. The lowest BCUT2D eigenvalue weighted by molar-refractivity contribution is -0.121. The lowest BCUT2D eigenvalue weighted by atomic mass is 9.96. The van der Waals surface area contributed by atoms with Crippen LogP contribution in [0.3, 0.4) is 0 Å². The minimum atomic E-state index is 0.0152. The summed E-state index contributed by atoms with van der Waals surface area (Å²) < 4.78 is 18.7. The molecule has 8 heteroatoms. The van der Waals surface area contributed by atoms with Gasteiger partial charge in [0.15, 0.2) is 11.5 Å². The molecule has 1 amide bonds. The number of amides is 1. The first kappa shape index (κ1) is 31.3. The molecular formula is C32H44ClN3O4. The summed E-state index contributed by atoms with van der Waals surface area (Å²) in [7, 11) is 4.88. The normalized spacial score (nSPS) is 11.8. The fraction of sp³-hybridized carbons (Fsp3) is 0.500. The quantitative estimate of drug-likeness (QED) is 0.224. The van der Waals surface area contributed by atoms with Gasteiger partial charge in [-0.25, -0.2) is 4.98 Å². The fourth-order valence-corrected chi connectivity index (χ4v) is 5.46. The third-order valence-corrected chi connectivity index (χ3v) is 7.84. The molecule has 1 atom stereocenters. The standard InChI is InChI=1S/C32H44ClN3O4/c1-8-22-12-14-27(38-5)24(18-22)20-36-26(10-3)25(9-2)35-29(36)19-34-30(37)16-11-21(4)17-23-13-15-28(39-6)32(40-7)31(23)33/h12-15,18,21H,8-11,16-17,19-20H2,1-7H3,(H,34,37). The zero-order valence-corrected chi connectivity index (χ0v) is 25.8. The SMILES string of the molecule is CCc1ccc(OC)c(Cn2c(CNC(=O)CCC(C)Cc3ccc(OC)c(OC)c3Cl)nc(CC)c2CC)c1. The highest BCUT2D eigenvalue weighted by Crippen LogP contribution is 2.38. The average Bonchev–Trinajstić information content (AvgIpc) is 3.31. The Hall–Kier alpha value is -3.19. The Bertz CT molecular complexity index is 1290. The maximum absolute atomic E-state index is 12.9. The van der Waals surface area contributed by atoms with Gasteiger partial charge in [-0.2, -0.15) is 0 Å². The first-order chi connectivity index (χ1) is 19.3. The number of halogens is 1. The van der Waals surface area contributed by atoms with E-state index in [9.17, 15) is 4.79 Å². The first-order valence-corrected chi connectivity index (χ1v) is 14.6. The molecule has 0 aliphatic carbocycles. The molecule has 3 aromatic rings. The second-order valence-corrected chi connectivity index (χ2v) is 10.5. The number of aromatic nitrogens is 2. The summed E-state index contributed by atoms with van der Waals surface area (Å²) in [4.78, 5) is 17.8. The van der Waals surface area contributed by atoms with Gasteiger partial charge in [0.1, 0.15) is 11.6 Å². The van der Waals surface area contributed by atoms with Crippen molar-refractivity contribution in [1.82, 2.24) is 14.9 Å². The van der Waals surface area contributed by atoms with Gasteiger partial charge >= 0.3 is 0 Å². The van der Waals surface area contributed by atoms with Crippen LogP contribution in [-0.2, 0) is 43.6 Å². The van der Waals surface area contributed by atoms with Crippen LogP contribution in [0.1, 0.15) is 74.4 Å². The van der Waals surface area contributed by atoms with E-state index >= 15 is 0 Å². The van der Waals surface area contributed by atoms with Crippen LogP contribution >= 0.6 is 11.6 Å². The van der Waals surface area contributed by atoms with E-state index in [-0.39, 0.29) is 11.8 Å². The largest absolute Gasteiger partial charge is 0.496 e. The molecule has 0 radical (unpaired) electrons. The maximum atomic E-state index is 12.9. The van der Waals surface area contributed by atoms with Gasteiger partial charge in [-0.15, -0.1) is 0 Å². The van der Waals surface area contributed by atoms with Crippen LogP contribution in [0.5, 0.6) is 17.2 Å². The number of nitrogens with one attached hydrogen (secondary N) is 1. The van der Waals surface area contributed by atoms with Crippen LogP contribution < -0.4 is 19.5 Å². The molecule has 0 aliphatic heterocycles. The molecule has 1 N–H and O–H groups in total. The van der Waals surface area contributed by atoms with Crippen molar-refractivity contribution in [3.8, 4) is 17.2 Å². The number of carbonyl (C=O) groups excluding carboxylic acids is 1. The highest BCUT2D eigenvalue weighted by molar-refractivity contribution is 6.33. The summed E-state index contributed by atoms with van der Waals surface area (Å²) >= 11 is 6.56. The molecule has 0 bridgehead atoms. The van der Waals surface area contributed by atoms with Crippen LogP contribution in [-0.4, -0.2) is 36.8 Å². The maximum Gasteiger partial charge on any atom is 0.220 e. The number of carbonyl (C=O) groups is 1. The minimum absolute atomic E-state index is 0.0152. The molecular weight excluding hydrogens is 526 g/mol. The van der Waals surface area contributed by atoms with Crippen LogP contribution in [0.2, 0.25) is 5.02 Å². The predicted molar refractivity (Wildman–Crippen MR) is 161 cm³/mol. The summed E-state index contributed by atoms with van der Waals surface area (Å²) in [6, 6.07) is 10.2. The van der Waals surface area contributed by atoms with Crippen LogP contribution in [0, 0.1) is 5.92 Å². The molecule has 40 heavy (non-hydrogen) atoms. The molecule has 1 unspecified atom stereocenters. The topological polar surface area (TPSA) is 74.6 Å². The number of methoxy groups -OCH3 is 3. The molecule has 0 aliphatic rings. The van der Waals surface area contributed by atoms with Crippen LogP contribution in [0.15, 0.2) is 30.3 Å².